The van der Waals surface area contributed by atoms with Gasteiger partial charge >= 0.3 is 0 Å². The van der Waals surface area contributed by atoms with Crippen LogP contribution in [-0.2, 0) is 4.79 Å². The number of anilines is 1. The number of benzene rings is 1. The van der Waals surface area contributed by atoms with Gasteiger partial charge in [-0.15, -0.1) is 0 Å². The normalized spacial score (nSPS) is 19.1. The summed E-state index contributed by atoms with van der Waals surface area (Å²) in [6.45, 7) is 3.94. The molecule has 5 heteroatoms. The smallest absolute Gasteiger partial charge is 0.265 e. The molecule has 2 atom stereocenters. The lowest BCUT2D eigenvalue weighted by Crippen LogP contribution is -2.34. The highest BCUT2D eigenvalue weighted by atomic mass is 16.5. The summed E-state index contributed by atoms with van der Waals surface area (Å²) in [6, 6.07) is 5.07. The number of hydrogen-bond acceptors (Lipinski definition) is 4. The molecule has 2 rings (SSSR count). The van der Waals surface area contributed by atoms with Crippen LogP contribution in [0.3, 0.4) is 0 Å². The number of rotatable bonds is 4. The van der Waals surface area contributed by atoms with Crippen molar-refractivity contribution in [1.82, 2.24) is 0 Å². The van der Waals surface area contributed by atoms with Crippen molar-refractivity contribution in [2.75, 3.05) is 11.9 Å². The summed E-state index contributed by atoms with van der Waals surface area (Å²) in [7, 11) is 0. The van der Waals surface area contributed by atoms with Crippen molar-refractivity contribution in [3.8, 4) is 5.75 Å². The van der Waals surface area contributed by atoms with Gasteiger partial charge in [-0.05, 0) is 31.5 Å². The van der Waals surface area contributed by atoms with Gasteiger partial charge in [-0.25, -0.2) is 0 Å². The SMILES string of the molecule is CCC(CN)C(=O)c1ccc2c(c1)NC(=O)C(C)O2. The zero-order valence-electron chi connectivity index (χ0n) is 11.1. The fourth-order valence-corrected chi connectivity index (χ4v) is 2.06. The highest BCUT2D eigenvalue weighted by Crippen LogP contribution is 2.31. The molecule has 19 heavy (non-hydrogen) atoms. The molecule has 2 unspecified atom stereocenters. The van der Waals surface area contributed by atoms with Crippen LogP contribution in [0.5, 0.6) is 5.75 Å². The van der Waals surface area contributed by atoms with E-state index in [2.05, 4.69) is 5.32 Å². The Balaban J connectivity index is 2.29. The molecule has 1 heterocycles. The number of fused-ring (bicyclic) bond motifs is 1. The van der Waals surface area contributed by atoms with Gasteiger partial charge in [-0.3, -0.25) is 9.59 Å². The lowest BCUT2D eigenvalue weighted by Gasteiger charge is -2.24. The minimum Gasteiger partial charge on any atom is -0.479 e. The topological polar surface area (TPSA) is 81.4 Å². The third-order valence-electron chi connectivity index (χ3n) is 3.34. The third kappa shape index (κ3) is 2.61. The predicted molar refractivity (Wildman–Crippen MR) is 72.3 cm³/mol. The fraction of sp³-hybridized carbons (Fsp3) is 0.429. The van der Waals surface area contributed by atoms with Gasteiger partial charge in [0.25, 0.3) is 5.91 Å². The Morgan fingerprint density at radius 2 is 2.26 bits per heavy atom. The molecule has 1 aliphatic heterocycles. The zero-order chi connectivity index (χ0) is 14.0. The molecule has 102 valence electrons. The maximum absolute atomic E-state index is 12.2. The van der Waals surface area contributed by atoms with Gasteiger partial charge in [0.2, 0.25) is 0 Å². The Hall–Kier alpha value is -1.88. The number of carbonyl (C=O) groups excluding carboxylic acids is 2. The van der Waals surface area contributed by atoms with E-state index >= 15 is 0 Å². The van der Waals surface area contributed by atoms with Gasteiger partial charge in [0, 0.05) is 18.0 Å². The van der Waals surface area contributed by atoms with E-state index in [1.807, 2.05) is 6.92 Å². The summed E-state index contributed by atoms with van der Waals surface area (Å²) >= 11 is 0. The first-order valence-electron chi connectivity index (χ1n) is 6.42. The maximum Gasteiger partial charge on any atom is 0.265 e. The van der Waals surface area contributed by atoms with Gasteiger partial charge in [-0.2, -0.15) is 0 Å². The minimum absolute atomic E-state index is 0.000621. The number of hydrogen-bond donors (Lipinski definition) is 2. The van der Waals surface area contributed by atoms with Crippen molar-refractivity contribution in [2.24, 2.45) is 11.7 Å². The van der Waals surface area contributed by atoms with Crippen molar-refractivity contribution in [3.05, 3.63) is 23.8 Å². The van der Waals surface area contributed by atoms with Crippen LogP contribution in [0.25, 0.3) is 0 Å². The highest BCUT2D eigenvalue weighted by Gasteiger charge is 2.25. The molecule has 1 aromatic rings. The summed E-state index contributed by atoms with van der Waals surface area (Å²) in [5.41, 5.74) is 6.68. The van der Waals surface area contributed by atoms with E-state index in [0.29, 0.717) is 30.0 Å². The van der Waals surface area contributed by atoms with Crippen LogP contribution in [-0.4, -0.2) is 24.3 Å². The van der Waals surface area contributed by atoms with E-state index < -0.39 is 6.10 Å². The van der Waals surface area contributed by atoms with E-state index in [1.165, 1.54) is 0 Å². The molecular formula is C14H18N2O3. The van der Waals surface area contributed by atoms with Crippen molar-refractivity contribution >= 4 is 17.4 Å². The van der Waals surface area contributed by atoms with E-state index in [0.717, 1.165) is 0 Å². The van der Waals surface area contributed by atoms with Crippen LogP contribution < -0.4 is 15.8 Å². The lowest BCUT2D eigenvalue weighted by atomic mass is 9.95. The van der Waals surface area contributed by atoms with E-state index in [4.69, 9.17) is 10.5 Å². The molecule has 0 radical (unpaired) electrons. The Bertz CT molecular complexity index is 509. The second-order valence-corrected chi connectivity index (χ2v) is 4.67. The van der Waals surface area contributed by atoms with Gasteiger partial charge in [0.15, 0.2) is 11.9 Å². The van der Waals surface area contributed by atoms with Crippen LogP contribution in [0, 0.1) is 5.92 Å². The van der Waals surface area contributed by atoms with E-state index in [1.54, 1.807) is 25.1 Å². The Morgan fingerprint density at radius 3 is 2.89 bits per heavy atom. The summed E-state index contributed by atoms with van der Waals surface area (Å²) in [4.78, 5) is 23.7. The molecule has 0 spiro atoms. The van der Waals surface area contributed by atoms with E-state index in [9.17, 15) is 9.59 Å². The lowest BCUT2D eigenvalue weighted by molar-refractivity contribution is -0.122. The van der Waals surface area contributed by atoms with Gasteiger partial charge in [-0.1, -0.05) is 6.92 Å². The molecule has 0 saturated carbocycles. The number of amides is 1. The minimum atomic E-state index is -0.513. The maximum atomic E-state index is 12.2. The Kier molecular flexibility index (Phi) is 3.85. The van der Waals surface area contributed by atoms with Gasteiger partial charge < -0.3 is 15.8 Å². The largest absolute Gasteiger partial charge is 0.479 e. The second kappa shape index (κ2) is 5.40. The molecule has 1 aliphatic rings. The number of nitrogens with one attached hydrogen (secondary N) is 1. The molecule has 0 bridgehead atoms. The molecule has 0 aliphatic carbocycles. The summed E-state index contributed by atoms with van der Waals surface area (Å²) < 4.78 is 5.44. The third-order valence-corrected chi connectivity index (χ3v) is 3.34. The number of ketones is 1. The highest BCUT2D eigenvalue weighted by molar-refractivity contribution is 6.02. The van der Waals surface area contributed by atoms with Crippen LogP contribution in [0.1, 0.15) is 30.6 Å². The number of carbonyl (C=O) groups is 2. The molecule has 1 aromatic carbocycles. The summed E-state index contributed by atoms with van der Waals surface area (Å²) in [6.07, 6.45) is 0.188. The van der Waals surface area contributed by atoms with Crippen molar-refractivity contribution in [3.63, 3.8) is 0 Å². The number of Topliss-reactive ketones (excluding diaryl/α,β-unsaturated/α-hetero) is 1. The quantitative estimate of drug-likeness (QED) is 0.807. The second-order valence-electron chi connectivity index (χ2n) is 4.67. The fourth-order valence-electron chi connectivity index (χ4n) is 2.06. The Labute approximate surface area is 112 Å². The van der Waals surface area contributed by atoms with Crippen LogP contribution in [0.2, 0.25) is 0 Å². The predicted octanol–water partition coefficient (Wildman–Crippen LogP) is 1.57. The van der Waals surface area contributed by atoms with E-state index in [-0.39, 0.29) is 17.6 Å². The van der Waals surface area contributed by atoms with Crippen LogP contribution >= 0.6 is 0 Å². The first-order chi connectivity index (χ1) is 9.06. The van der Waals surface area contributed by atoms with Crippen molar-refractivity contribution in [1.29, 1.82) is 0 Å². The molecule has 0 aromatic heterocycles. The average molecular weight is 262 g/mol. The van der Waals surface area contributed by atoms with Crippen molar-refractivity contribution < 1.29 is 14.3 Å². The van der Waals surface area contributed by atoms with Crippen LogP contribution in [0.15, 0.2) is 18.2 Å². The molecule has 3 N–H and O–H groups in total. The molecule has 1 amide bonds. The van der Waals surface area contributed by atoms with Crippen LogP contribution in [0.4, 0.5) is 5.69 Å². The van der Waals surface area contributed by atoms with Gasteiger partial charge in [0.05, 0.1) is 5.69 Å². The first kappa shape index (κ1) is 13.5. The first-order valence-corrected chi connectivity index (χ1v) is 6.42. The zero-order valence-corrected chi connectivity index (χ0v) is 11.1. The van der Waals surface area contributed by atoms with Gasteiger partial charge in [0.1, 0.15) is 5.75 Å². The molecule has 5 nitrogen and oxygen atoms in total. The number of ether oxygens (including phenoxy) is 1. The summed E-state index contributed by atoms with van der Waals surface area (Å²) in [5, 5.41) is 2.73. The summed E-state index contributed by atoms with van der Waals surface area (Å²) in [5.74, 6) is 0.199. The average Bonchev–Trinajstić information content (AvgIpc) is 2.41. The molecule has 0 fully saturated rings. The standard InChI is InChI=1S/C14H18N2O3/c1-3-9(7-15)13(17)10-4-5-12-11(6-10)16-14(18)8(2)19-12/h4-6,8-9H,3,7,15H2,1-2H3,(H,16,18). The molecule has 0 saturated heterocycles. The number of nitrogens with two attached hydrogens (primary N) is 1. The monoisotopic (exact) mass is 262 g/mol. The van der Waals surface area contributed by atoms with Crippen molar-refractivity contribution in [2.45, 2.75) is 26.4 Å². The Morgan fingerprint density at radius 1 is 1.53 bits per heavy atom. The molecular weight excluding hydrogens is 244 g/mol.